The van der Waals surface area contributed by atoms with Gasteiger partial charge in [-0.3, -0.25) is 0 Å². The monoisotopic (exact) mass is 232 g/mol. The van der Waals surface area contributed by atoms with Gasteiger partial charge in [-0.25, -0.2) is 0 Å². The molecule has 0 bridgehead atoms. The molecule has 0 amide bonds. The molecular formula is C17H28. The minimum absolute atomic E-state index is 0.258. The van der Waals surface area contributed by atoms with Crippen molar-refractivity contribution in [3.63, 3.8) is 0 Å². The summed E-state index contributed by atoms with van der Waals surface area (Å²) in [5.74, 6) is 0.711. The Bertz CT molecular complexity index is 343. The normalized spacial score (nSPS) is 14.8. The molecule has 1 atom stereocenters. The summed E-state index contributed by atoms with van der Waals surface area (Å²) >= 11 is 0. The van der Waals surface area contributed by atoms with Crippen molar-refractivity contribution in [1.29, 1.82) is 0 Å². The average molecular weight is 232 g/mol. The van der Waals surface area contributed by atoms with Crippen molar-refractivity contribution < 1.29 is 0 Å². The van der Waals surface area contributed by atoms with E-state index in [9.17, 15) is 0 Å². The molecule has 96 valence electrons. The first kappa shape index (κ1) is 14.3. The van der Waals surface area contributed by atoms with E-state index in [0.29, 0.717) is 11.3 Å². The van der Waals surface area contributed by atoms with E-state index in [-0.39, 0.29) is 5.41 Å². The summed E-state index contributed by atoms with van der Waals surface area (Å²) in [5.41, 5.74) is 3.53. The summed E-state index contributed by atoms with van der Waals surface area (Å²) in [6, 6.07) is 9.15. The summed E-state index contributed by atoms with van der Waals surface area (Å²) in [6.07, 6.45) is 1.17. The number of hydrogen-bond acceptors (Lipinski definition) is 0. The van der Waals surface area contributed by atoms with E-state index >= 15 is 0 Å². The summed E-state index contributed by atoms with van der Waals surface area (Å²) < 4.78 is 0. The lowest BCUT2D eigenvalue weighted by atomic mass is 9.78. The second kappa shape index (κ2) is 4.84. The summed E-state index contributed by atoms with van der Waals surface area (Å²) in [7, 11) is 0. The molecule has 0 radical (unpaired) electrons. The smallest absolute Gasteiger partial charge is 0.0132 e. The number of rotatable bonds is 2. The molecule has 0 aliphatic rings. The minimum atomic E-state index is 0.258. The third-order valence-electron chi connectivity index (χ3n) is 3.84. The third-order valence-corrected chi connectivity index (χ3v) is 3.84. The van der Waals surface area contributed by atoms with Gasteiger partial charge in [-0.05, 0) is 34.3 Å². The van der Waals surface area contributed by atoms with E-state index in [1.807, 2.05) is 0 Å². The molecular weight excluding hydrogens is 204 g/mol. The molecule has 1 aromatic rings. The maximum Gasteiger partial charge on any atom is -0.0132 e. The van der Waals surface area contributed by atoms with Crippen LogP contribution in [0.25, 0.3) is 0 Å². The second-order valence-corrected chi connectivity index (χ2v) is 7.42. The fraction of sp³-hybridized carbons (Fsp3) is 0.647. The van der Waals surface area contributed by atoms with Gasteiger partial charge in [-0.1, -0.05) is 72.7 Å². The van der Waals surface area contributed by atoms with Crippen LogP contribution in [0.5, 0.6) is 0 Å². The van der Waals surface area contributed by atoms with Crippen molar-refractivity contribution in [2.75, 3.05) is 0 Å². The largest absolute Gasteiger partial charge is 0.0617 e. The van der Waals surface area contributed by atoms with Crippen molar-refractivity contribution in [2.45, 2.75) is 60.3 Å². The van der Waals surface area contributed by atoms with E-state index in [1.165, 1.54) is 17.5 Å². The quantitative estimate of drug-likeness (QED) is 0.656. The Labute approximate surface area is 107 Å². The highest BCUT2D eigenvalue weighted by Gasteiger charge is 2.20. The Balaban J connectivity index is 2.76. The van der Waals surface area contributed by atoms with Gasteiger partial charge in [0.2, 0.25) is 0 Å². The maximum absolute atomic E-state index is 2.34. The fourth-order valence-electron chi connectivity index (χ4n) is 1.80. The molecule has 0 saturated heterocycles. The van der Waals surface area contributed by atoms with E-state index in [1.54, 1.807) is 0 Å². The van der Waals surface area contributed by atoms with Gasteiger partial charge in [-0.15, -0.1) is 0 Å². The van der Waals surface area contributed by atoms with Crippen LogP contribution in [0.1, 0.15) is 59.6 Å². The molecule has 0 heteroatoms. The van der Waals surface area contributed by atoms with Gasteiger partial charge in [0, 0.05) is 0 Å². The van der Waals surface area contributed by atoms with Gasteiger partial charge < -0.3 is 0 Å². The molecule has 17 heavy (non-hydrogen) atoms. The number of benzene rings is 1. The van der Waals surface area contributed by atoms with Crippen LogP contribution in [0, 0.1) is 11.3 Å². The fourth-order valence-corrected chi connectivity index (χ4v) is 1.80. The second-order valence-electron chi connectivity index (χ2n) is 7.42. The van der Waals surface area contributed by atoms with Crippen molar-refractivity contribution in [3.05, 3.63) is 35.4 Å². The van der Waals surface area contributed by atoms with Crippen molar-refractivity contribution in [1.82, 2.24) is 0 Å². The van der Waals surface area contributed by atoms with E-state index in [0.717, 1.165) is 0 Å². The van der Waals surface area contributed by atoms with Gasteiger partial charge in [0.15, 0.2) is 0 Å². The molecule has 1 aromatic carbocycles. The van der Waals surface area contributed by atoms with Crippen LogP contribution in [0.2, 0.25) is 0 Å². The molecule has 0 spiro atoms. The topological polar surface area (TPSA) is 0 Å². The predicted molar refractivity (Wildman–Crippen MR) is 77.5 cm³/mol. The predicted octanol–water partition coefficient (Wildman–Crippen LogP) is 5.21. The molecule has 0 fully saturated rings. The molecule has 1 unspecified atom stereocenters. The molecule has 1 rings (SSSR count). The standard InChI is InChI=1S/C17H28/c1-13(16(2,3)4)12-14-8-10-15(11-9-14)17(5,6)7/h8-11,13H,12H2,1-7H3. The molecule has 0 aliphatic heterocycles. The molecule has 0 N–H and O–H groups in total. The summed E-state index contributed by atoms with van der Waals surface area (Å²) in [6.45, 7) is 16.1. The zero-order chi connectivity index (χ0) is 13.3. The van der Waals surface area contributed by atoms with Gasteiger partial charge in [0.25, 0.3) is 0 Å². The highest BCUT2D eigenvalue weighted by Crippen LogP contribution is 2.29. The molecule has 0 heterocycles. The number of hydrogen-bond donors (Lipinski definition) is 0. The maximum atomic E-state index is 2.34. The van der Waals surface area contributed by atoms with Crippen molar-refractivity contribution >= 4 is 0 Å². The van der Waals surface area contributed by atoms with Gasteiger partial charge in [-0.2, -0.15) is 0 Å². The van der Waals surface area contributed by atoms with E-state index in [4.69, 9.17) is 0 Å². The van der Waals surface area contributed by atoms with Crippen LogP contribution in [0.15, 0.2) is 24.3 Å². The third kappa shape index (κ3) is 4.18. The molecule has 0 saturated carbocycles. The lowest BCUT2D eigenvalue weighted by Crippen LogP contribution is -2.19. The van der Waals surface area contributed by atoms with E-state index < -0.39 is 0 Å². The Morgan fingerprint density at radius 3 is 1.71 bits per heavy atom. The van der Waals surface area contributed by atoms with Crippen LogP contribution >= 0.6 is 0 Å². The zero-order valence-corrected chi connectivity index (χ0v) is 12.6. The lowest BCUT2D eigenvalue weighted by Gasteiger charge is -2.27. The van der Waals surface area contributed by atoms with Crippen LogP contribution in [0.4, 0.5) is 0 Å². The molecule has 0 nitrogen and oxygen atoms in total. The van der Waals surface area contributed by atoms with E-state index in [2.05, 4.69) is 72.7 Å². The Morgan fingerprint density at radius 1 is 0.882 bits per heavy atom. The first-order chi connectivity index (χ1) is 7.60. The average Bonchev–Trinajstić information content (AvgIpc) is 2.15. The Morgan fingerprint density at radius 2 is 1.35 bits per heavy atom. The van der Waals surface area contributed by atoms with Crippen molar-refractivity contribution in [3.8, 4) is 0 Å². The Kier molecular flexibility index (Phi) is 4.06. The minimum Gasteiger partial charge on any atom is -0.0617 e. The van der Waals surface area contributed by atoms with Crippen molar-refractivity contribution in [2.24, 2.45) is 11.3 Å². The van der Waals surface area contributed by atoms with Crippen LogP contribution in [-0.2, 0) is 11.8 Å². The first-order valence-corrected chi connectivity index (χ1v) is 6.70. The first-order valence-electron chi connectivity index (χ1n) is 6.70. The summed E-state index contributed by atoms with van der Waals surface area (Å²) in [4.78, 5) is 0. The highest BCUT2D eigenvalue weighted by molar-refractivity contribution is 5.27. The molecule has 0 aliphatic carbocycles. The summed E-state index contributed by atoms with van der Waals surface area (Å²) in [5, 5.41) is 0. The van der Waals surface area contributed by atoms with Crippen LogP contribution in [-0.4, -0.2) is 0 Å². The van der Waals surface area contributed by atoms with Gasteiger partial charge in [0.05, 0.1) is 0 Å². The van der Waals surface area contributed by atoms with Gasteiger partial charge in [0.1, 0.15) is 0 Å². The van der Waals surface area contributed by atoms with Crippen LogP contribution < -0.4 is 0 Å². The highest BCUT2D eigenvalue weighted by atomic mass is 14.3. The Hall–Kier alpha value is -0.780. The molecule has 0 aromatic heterocycles. The zero-order valence-electron chi connectivity index (χ0n) is 12.6. The van der Waals surface area contributed by atoms with Gasteiger partial charge >= 0.3 is 0 Å². The lowest BCUT2D eigenvalue weighted by molar-refractivity contribution is 0.260. The SMILES string of the molecule is CC(Cc1ccc(C(C)(C)C)cc1)C(C)(C)C. The van der Waals surface area contributed by atoms with Crippen LogP contribution in [0.3, 0.4) is 0 Å².